The van der Waals surface area contributed by atoms with E-state index in [9.17, 15) is 14.4 Å². The zero-order valence-corrected chi connectivity index (χ0v) is 14.3. The lowest BCUT2D eigenvalue weighted by molar-refractivity contribution is -0.144. The van der Waals surface area contributed by atoms with Crippen molar-refractivity contribution >= 4 is 24.0 Å². The van der Waals surface area contributed by atoms with Crippen LogP contribution in [0.25, 0.3) is 0 Å². The smallest absolute Gasteiger partial charge is 0.305 e. The van der Waals surface area contributed by atoms with E-state index in [0.717, 1.165) is 6.29 Å². The minimum atomic E-state index is -0.622. The maximum absolute atomic E-state index is 13.0. The summed E-state index contributed by atoms with van der Waals surface area (Å²) < 4.78 is 4.92. The van der Waals surface area contributed by atoms with E-state index in [4.69, 9.17) is 10.00 Å². The highest BCUT2D eigenvalue weighted by atomic mass is 16.5. The van der Waals surface area contributed by atoms with E-state index in [2.05, 4.69) is 4.98 Å². The van der Waals surface area contributed by atoms with Gasteiger partial charge in [0.05, 0.1) is 24.3 Å². The maximum atomic E-state index is 13.0. The Bertz CT molecular complexity index is 698. The molecule has 7 heteroatoms. The monoisotopic (exact) mass is 343 g/mol. The van der Waals surface area contributed by atoms with Crippen molar-refractivity contribution in [1.82, 2.24) is 4.98 Å². The third-order valence-electron chi connectivity index (χ3n) is 4.43. The summed E-state index contributed by atoms with van der Waals surface area (Å²) in [5.41, 5.74) is 0.365. The lowest BCUT2D eigenvalue weighted by Crippen LogP contribution is -2.52. The maximum Gasteiger partial charge on any atom is 0.305 e. The second-order valence-corrected chi connectivity index (χ2v) is 6.09. The molecule has 25 heavy (non-hydrogen) atoms. The number of hydrogen-bond donors (Lipinski definition) is 0. The van der Waals surface area contributed by atoms with Gasteiger partial charge in [0.15, 0.2) is 0 Å². The summed E-state index contributed by atoms with van der Waals surface area (Å²) in [6.07, 6.45) is 3.17. The fourth-order valence-electron chi connectivity index (χ4n) is 3.17. The van der Waals surface area contributed by atoms with Gasteiger partial charge in [0.2, 0.25) is 5.91 Å². The van der Waals surface area contributed by atoms with Crippen molar-refractivity contribution < 1.29 is 19.1 Å². The number of anilines is 1. The lowest BCUT2D eigenvalue weighted by Gasteiger charge is -2.39. The summed E-state index contributed by atoms with van der Waals surface area (Å²) in [7, 11) is 0. The molecule has 0 saturated carbocycles. The summed E-state index contributed by atoms with van der Waals surface area (Å²) >= 11 is 0. The van der Waals surface area contributed by atoms with Gasteiger partial charge in [-0.1, -0.05) is 6.92 Å². The van der Waals surface area contributed by atoms with Crippen molar-refractivity contribution in [3.8, 4) is 6.07 Å². The molecule has 1 saturated heterocycles. The summed E-state index contributed by atoms with van der Waals surface area (Å²) in [5.74, 6) is -0.728. The molecule has 0 spiro atoms. The van der Waals surface area contributed by atoms with E-state index in [1.165, 1.54) is 23.2 Å². The molecular weight excluding hydrogens is 322 g/mol. The van der Waals surface area contributed by atoms with Gasteiger partial charge in [-0.15, -0.1) is 0 Å². The molecule has 3 unspecified atom stereocenters. The number of ether oxygens (including phenoxy) is 1. The normalized spacial score (nSPS) is 23.0. The number of pyridine rings is 1. The van der Waals surface area contributed by atoms with Crippen LogP contribution in [0.2, 0.25) is 0 Å². The lowest BCUT2D eigenvalue weighted by atomic mass is 9.80. The van der Waals surface area contributed by atoms with E-state index >= 15 is 0 Å². The Labute approximate surface area is 146 Å². The van der Waals surface area contributed by atoms with Gasteiger partial charge in [-0.25, -0.2) is 4.98 Å². The van der Waals surface area contributed by atoms with E-state index < -0.39 is 12.0 Å². The highest BCUT2D eigenvalue weighted by Gasteiger charge is 2.41. The van der Waals surface area contributed by atoms with Crippen molar-refractivity contribution in [3.05, 3.63) is 23.9 Å². The number of carbonyl (C=O) groups is 3. The Kier molecular flexibility index (Phi) is 6.23. The summed E-state index contributed by atoms with van der Waals surface area (Å²) in [5, 5.41) is 9.04. The average molecular weight is 343 g/mol. The second-order valence-electron chi connectivity index (χ2n) is 6.09. The summed E-state index contributed by atoms with van der Waals surface area (Å²) in [6.45, 7) is 3.94. The fraction of sp³-hybridized carbons (Fsp3) is 0.500. The van der Waals surface area contributed by atoms with Crippen LogP contribution >= 0.6 is 0 Å². The third-order valence-corrected chi connectivity index (χ3v) is 4.43. The van der Waals surface area contributed by atoms with E-state index in [0.29, 0.717) is 25.0 Å². The number of nitrogens with zero attached hydrogens (tertiary/aromatic N) is 3. The van der Waals surface area contributed by atoms with Gasteiger partial charge in [0.25, 0.3) is 0 Å². The van der Waals surface area contributed by atoms with Crippen LogP contribution in [0.4, 0.5) is 5.82 Å². The number of hydrogen-bond acceptors (Lipinski definition) is 6. The quantitative estimate of drug-likeness (QED) is 0.577. The summed E-state index contributed by atoms with van der Waals surface area (Å²) in [6, 6.07) is 4.41. The van der Waals surface area contributed by atoms with Crippen LogP contribution in [0.5, 0.6) is 0 Å². The van der Waals surface area contributed by atoms with Gasteiger partial charge in [-0.2, -0.15) is 5.26 Å². The molecule has 0 N–H and O–H groups in total. The summed E-state index contributed by atoms with van der Waals surface area (Å²) in [4.78, 5) is 41.6. The number of nitriles is 1. The molecule has 7 nitrogen and oxygen atoms in total. The highest BCUT2D eigenvalue weighted by Crippen LogP contribution is 2.34. The Morgan fingerprint density at radius 3 is 2.96 bits per heavy atom. The first kappa shape index (κ1) is 18.6. The van der Waals surface area contributed by atoms with Crippen molar-refractivity contribution in [2.24, 2.45) is 11.8 Å². The first-order valence-corrected chi connectivity index (χ1v) is 8.32. The van der Waals surface area contributed by atoms with Crippen molar-refractivity contribution in [1.29, 1.82) is 5.26 Å². The molecule has 2 rings (SSSR count). The molecule has 1 aliphatic heterocycles. The zero-order valence-electron chi connectivity index (χ0n) is 14.3. The fourth-order valence-corrected chi connectivity index (χ4v) is 3.17. The Balaban J connectivity index is 2.24. The highest BCUT2D eigenvalue weighted by molar-refractivity contribution is 5.99. The largest absolute Gasteiger partial charge is 0.466 e. The third kappa shape index (κ3) is 4.21. The van der Waals surface area contributed by atoms with Crippen LogP contribution in [0.3, 0.4) is 0 Å². The van der Waals surface area contributed by atoms with Crippen LogP contribution in [0.15, 0.2) is 18.3 Å². The van der Waals surface area contributed by atoms with Gasteiger partial charge in [0.1, 0.15) is 12.1 Å². The Morgan fingerprint density at radius 1 is 1.56 bits per heavy atom. The Morgan fingerprint density at radius 2 is 2.32 bits per heavy atom. The predicted octanol–water partition coefficient (Wildman–Crippen LogP) is 1.85. The molecule has 1 aromatic rings. The molecule has 2 heterocycles. The molecule has 1 aliphatic rings. The zero-order chi connectivity index (χ0) is 18.4. The van der Waals surface area contributed by atoms with Gasteiger partial charge in [-0.05, 0) is 37.8 Å². The minimum absolute atomic E-state index is 0.0347. The first-order valence-electron chi connectivity index (χ1n) is 8.32. The van der Waals surface area contributed by atoms with E-state index in [1.807, 2.05) is 13.0 Å². The van der Waals surface area contributed by atoms with Crippen LogP contribution in [0.1, 0.15) is 38.7 Å². The Hall–Kier alpha value is -2.75. The van der Waals surface area contributed by atoms with Gasteiger partial charge < -0.3 is 9.53 Å². The SMILES string of the molecule is CCOC(=O)CCC1C(=O)N(c2cc(C#N)ccn2)C(C=O)CC1C. The average Bonchev–Trinajstić information content (AvgIpc) is 2.61. The predicted molar refractivity (Wildman–Crippen MR) is 89.4 cm³/mol. The molecule has 1 amide bonds. The second kappa shape index (κ2) is 8.38. The van der Waals surface area contributed by atoms with E-state index in [1.54, 1.807) is 6.92 Å². The first-order chi connectivity index (χ1) is 12.0. The number of esters is 1. The van der Waals surface area contributed by atoms with Crippen LogP contribution in [-0.2, 0) is 19.1 Å². The van der Waals surface area contributed by atoms with Crippen molar-refractivity contribution in [2.75, 3.05) is 11.5 Å². The number of rotatable bonds is 6. The standard InChI is InChI=1S/C18H21N3O4/c1-3-25-17(23)5-4-15-12(2)8-14(11-22)21(18(15)24)16-9-13(10-19)6-7-20-16/h6-7,9,11-12,14-15H,3-5,8H2,1-2H3. The number of piperidine rings is 1. The topological polar surface area (TPSA) is 100 Å². The number of aromatic nitrogens is 1. The number of amides is 1. The molecule has 1 aromatic heterocycles. The van der Waals surface area contributed by atoms with Gasteiger partial charge >= 0.3 is 5.97 Å². The number of carbonyl (C=O) groups excluding carboxylic acids is 3. The van der Waals surface area contributed by atoms with Crippen molar-refractivity contribution in [2.45, 2.75) is 39.2 Å². The van der Waals surface area contributed by atoms with Gasteiger partial charge in [0, 0.05) is 18.5 Å². The molecule has 0 aliphatic carbocycles. The van der Waals surface area contributed by atoms with Gasteiger partial charge in [-0.3, -0.25) is 14.5 Å². The molecule has 3 atom stereocenters. The van der Waals surface area contributed by atoms with Crippen LogP contribution in [-0.4, -0.2) is 35.8 Å². The van der Waals surface area contributed by atoms with Crippen LogP contribution in [0, 0.1) is 23.2 Å². The molecule has 0 aromatic carbocycles. The molecular formula is C18H21N3O4. The van der Waals surface area contributed by atoms with E-state index in [-0.39, 0.29) is 30.0 Å². The minimum Gasteiger partial charge on any atom is -0.466 e. The number of aldehydes is 1. The van der Waals surface area contributed by atoms with Crippen molar-refractivity contribution in [3.63, 3.8) is 0 Å². The molecule has 1 fully saturated rings. The molecule has 0 bridgehead atoms. The molecule has 0 radical (unpaired) electrons. The molecule has 132 valence electrons. The van der Waals surface area contributed by atoms with Crippen LogP contribution < -0.4 is 4.90 Å².